The summed E-state index contributed by atoms with van der Waals surface area (Å²) in [7, 11) is 0. The average molecular weight is 305 g/mol. The zero-order chi connectivity index (χ0) is 15.6. The van der Waals surface area contributed by atoms with Gasteiger partial charge in [-0.3, -0.25) is 0 Å². The minimum Gasteiger partial charge on any atom is -0.348 e. The topological polar surface area (TPSA) is 20.3 Å². The normalized spacial score (nSPS) is 20.7. The Morgan fingerprint density at radius 3 is 2.71 bits per heavy atom. The van der Waals surface area contributed by atoms with Gasteiger partial charge in [-0.2, -0.15) is 0 Å². The molecule has 0 radical (unpaired) electrons. The molecule has 0 unspecified atom stereocenters. The van der Waals surface area contributed by atoms with E-state index in [1.807, 2.05) is 0 Å². The number of nitrogens with zero attached hydrogens (tertiary/aromatic N) is 1. The molecule has 0 saturated carbocycles. The fourth-order valence-electron chi connectivity index (χ4n) is 3.27. The van der Waals surface area contributed by atoms with E-state index in [0.29, 0.717) is 12.2 Å². The summed E-state index contributed by atoms with van der Waals surface area (Å²) in [6.45, 7) is 11.5. The van der Waals surface area contributed by atoms with Crippen LogP contribution < -0.4 is 0 Å². The van der Waals surface area contributed by atoms with Crippen molar-refractivity contribution >= 4 is 18.4 Å². The number of hydrogen-bond donors (Lipinski definition) is 1. The smallest absolute Gasteiger partial charge is 0.129 e. The Hall–Kier alpha value is -0.960. The summed E-state index contributed by atoms with van der Waals surface area (Å²) in [5.41, 5.74) is 4.06. The fourth-order valence-corrected chi connectivity index (χ4v) is 3.51. The summed E-state index contributed by atoms with van der Waals surface area (Å²) in [4.78, 5) is 14.6. The van der Waals surface area contributed by atoms with Crippen molar-refractivity contribution in [1.29, 1.82) is 0 Å². The van der Waals surface area contributed by atoms with Crippen LogP contribution in [0.25, 0.3) is 0 Å². The molecule has 0 aromatic carbocycles. The molecule has 0 fully saturated rings. The maximum absolute atomic E-state index is 11.0. The molecule has 0 aromatic rings. The number of allylic oxidation sites excluding steroid dienone is 4. The van der Waals surface area contributed by atoms with Gasteiger partial charge in [0.05, 0.1) is 0 Å². The van der Waals surface area contributed by atoms with E-state index in [9.17, 15) is 4.79 Å². The van der Waals surface area contributed by atoms with E-state index in [0.717, 1.165) is 38.6 Å². The summed E-state index contributed by atoms with van der Waals surface area (Å²) in [6, 6.07) is 0. The highest BCUT2D eigenvalue weighted by atomic mass is 32.1. The molecule has 0 spiro atoms. The molecule has 2 rings (SSSR count). The number of carbonyl (C=O) groups is 1. The molecule has 0 amide bonds. The standard InChI is InChI=1S/C18H27NOS/c1-13(20)8-6-5-7-11-19-14(2)18(3,4)16-12-15(21)9-10-17(16)19/h12,21H,2,5-11H2,1,3-4H3. The van der Waals surface area contributed by atoms with Crippen molar-refractivity contribution < 1.29 is 4.79 Å². The lowest BCUT2D eigenvalue weighted by atomic mass is 9.81. The van der Waals surface area contributed by atoms with E-state index in [-0.39, 0.29) is 5.41 Å². The van der Waals surface area contributed by atoms with Crippen LogP contribution in [0.4, 0.5) is 0 Å². The molecule has 0 saturated heterocycles. The van der Waals surface area contributed by atoms with Crippen LogP contribution >= 0.6 is 12.6 Å². The highest BCUT2D eigenvalue weighted by Gasteiger charge is 2.40. The second kappa shape index (κ2) is 6.43. The molecule has 0 N–H and O–H groups in total. The van der Waals surface area contributed by atoms with Crippen LogP contribution in [0.15, 0.2) is 34.5 Å². The Morgan fingerprint density at radius 2 is 2.05 bits per heavy atom. The van der Waals surface area contributed by atoms with Gasteiger partial charge in [0.2, 0.25) is 0 Å². The highest BCUT2D eigenvalue weighted by molar-refractivity contribution is 7.84. The van der Waals surface area contributed by atoms with Gasteiger partial charge in [-0.25, -0.2) is 0 Å². The first-order valence-electron chi connectivity index (χ1n) is 7.93. The van der Waals surface area contributed by atoms with Crippen molar-refractivity contribution in [2.24, 2.45) is 5.41 Å². The van der Waals surface area contributed by atoms with Gasteiger partial charge in [0.1, 0.15) is 5.78 Å². The quantitative estimate of drug-likeness (QED) is 0.559. The van der Waals surface area contributed by atoms with E-state index in [1.165, 1.54) is 21.9 Å². The third-order valence-corrected chi connectivity index (χ3v) is 5.05. The third kappa shape index (κ3) is 3.45. The number of hydrogen-bond acceptors (Lipinski definition) is 3. The molecule has 0 aromatic heterocycles. The van der Waals surface area contributed by atoms with E-state index in [4.69, 9.17) is 0 Å². The van der Waals surface area contributed by atoms with Crippen LogP contribution in [-0.4, -0.2) is 17.2 Å². The Labute approximate surface area is 134 Å². The number of ketones is 1. The molecular formula is C18H27NOS. The summed E-state index contributed by atoms with van der Waals surface area (Å²) < 4.78 is 0. The summed E-state index contributed by atoms with van der Waals surface area (Å²) in [5.74, 6) is 0.297. The number of rotatable bonds is 6. The number of thiol groups is 1. The van der Waals surface area contributed by atoms with E-state index < -0.39 is 0 Å². The van der Waals surface area contributed by atoms with Crippen molar-refractivity contribution in [3.05, 3.63) is 34.5 Å². The van der Waals surface area contributed by atoms with Crippen molar-refractivity contribution in [3.8, 4) is 0 Å². The SMILES string of the molecule is C=C1N(CCCCCC(C)=O)C2=C(C=C(S)CC2)C1(C)C. The van der Waals surface area contributed by atoms with Crippen molar-refractivity contribution in [1.82, 2.24) is 4.90 Å². The predicted molar refractivity (Wildman–Crippen MR) is 92.1 cm³/mol. The van der Waals surface area contributed by atoms with Gasteiger partial charge in [-0.1, -0.05) is 26.8 Å². The third-order valence-electron chi connectivity index (χ3n) is 4.70. The molecule has 0 atom stereocenters. The molecular weight excluding hydrogens is 278 g/mol. The Morgan fingerprint density at radius 1 is 1.33 bits per heavy atom. The highest BCUT2D eigenvalue weighted by Crippen LogP contribution is 2.50. The van der Waals surface area contributed by atoms with Crippen LogP contribution in [-0.2, 0) is 4.79 Å². The molecule has 2 nitrogen and oxygen atoms in total. The van der Waals surface area contributed by atoms with Gasteiger partial charge in [-0.05, 0) is 49.2 Å². The molecule has 0 bridgehead atoms. The second-order valence-electron chi connectivity index (χ2n) is 6.73. The molecule has 1 heterocycles. The first-order valence-corrected chi connectivity index (χ1v) is 8.38. The number of carbonyl (C=O) groups excluding carboxylic acids is 1. The maximum atomic E-state index is 11.0. The minimum absolute atomic E-state index is 0.0170. The van der Waals surface area contributed by atoms with Gasteiger partial charge in [0, 0.05) is 29.8 Å². The zero-order valence-corrected chi connectivity index (χ0v) is 14.4. The van der Waals surface area contributed by atoms with Crippen LogP contribution in [0.5, 0.6) is 0 Å². The summed E-state index contributed by atoms with van der Waals surface area (Å²) in [5, 5.41) is 0. The van der Waals surface area contributed by atoms with Gasteiger partial charge < -0.3 is 9.69 Å². The van der Waals surface area contributed by atoms with Gasteiger partial charge >= 0.3 is 0 Å². The largest absolute Gasteiger partial charge is 0.348 e. The van der Waals surface area contributed by atoms with E-state index in [1.54, 1.807) is 6.92 Å². The molecule has 1 aliphatic carbocycles. The summed E-state index contributed by atoms with van der Waals surface area (Å²) in [6.07, 6.45) is 8.30. The summed E-state index contributed by atoms with van der Waals surface area (Å²) >= 11 is 4.54. The van der Waals surface area contributed by atoms with Crippen LogP contribution in [0.3, 0.4) is 0 Å². The van der Waals surface area contributed by atoms with Gasteiger partial charge in [0.25, 0.3) is 0 Å². The molecule has 116 valence electrons. The zero-order valence-electron chi connectivity index (χ0n) is 13.5. The van der Waals surface area contributed by atoms with Gasteiger partial charge in [0.15, 0.2) is 0 Å². The van der Waals surface area contributed by atoms with Crippen molar-refractivity contribution in [2.45, 2.75) is 59.3 Å². The van der Waals surface area contributed by atoms with Crippen LogP contribution in [0.1, 0.15) is 59.3 Å². The second-order valence-corrected chi connectivity index (χ2v) is 7.31. The van der Waals surface area contributed by atoms with Gasteiger partial charge in [-0.15, -0.1) is 12.6 Å². The number of Topliss-reactive ketones (excluding diaryl/α,β-unsaturated/α-hetero) is 1. The monoisotopic (exact) mass is 305 g/mol. The van der Waals surface area contributed by atoms with E-state index in [2.05, 4.69) is 44.0 Å². The minimum atomic E-state index is 0.0170. The van der Waals surface area contributed by atoms with E-state index >= 15 is 0 Å². The number of unbranched alkanes of at least 4 members (excludes halogenated alkanes) is 2. The molecule has 2 aliphatic rings. The predicted octanol–water partition coefficient (Wildman–Crippen LogP) is 4.85. The Kier molecular flexibility index (Phi) is 5.03. The first kappa shape index (κ1) is 16.4. The fraction of sp³-hybridized carbons (Fsp3) is 0.611. The molecule has 21 heavy (non-hydrogen) atoms. The van der Waals surface area contributed by atoms with Crippen molar-refractivity contribution in [3.63, 3.8) is 0 Å². The van der Waals surface area contributed by atoms with Crippen molar-refractivity contribution in [2.75, 3.05) is 6.54 Å². The maximum Gasteiger partial charge on any atom is 0.129 e. The average Bonchev–Trinajstić information content (AvgIpc) is 2.59. The molecule has 1 aliphatic heterocycles. The lowest BCUT2D eigenvalue weighted by Gasteiger charge is -2.28. The lowest BCUT2D eigenvalue weighted by Crippen LogP contribution is -2.23. The Bertz CT molecular complexity index is 513. The Balaban J connectivity index is 2.00. The van der Waals surface area contributed by atoms with Crippen LogP contribution in [0.2, 0.25) is 0 Å². The van der Waals surface area contributed by atoms with Crippen LogP contribution in [0, 0.1) is 5.41 Å². The molecule has 3 heteroatoms. The lowest BCUT2D eigenvalue weighted by molar-refractivity contribution is -0.117. The first-order chi connectivity index (χ1) is 9.84.